The number of ether oxygens (including phenoxy) is 1. The SMILES string of the molecule is CCCCOc1ccc(-c2ccc(C3CCC(C=CCCc4ccc(CCC)cc4)CC3)c(F)c2F)c(F)c1F. The quantitative estimate of drug-likeness (QED) is 0.123. The second kappa shape index (κ2) is 14.5. The zero-order valence-corrected chi connectivity index (χ0v) is 23.6. The highest BCUT2D eigenvalue weighted by molar-refractivity contribution is 5.66. The van der Waals surface area contributed by atoms with E-state index in [9.17, 15) is 8.78 Å². The van der Waals surface area contributed by atoms with Gasteiger partial charge in [0.15, 0.2) is 23.2 Å². The Morgan fingerprint density at radius 2 is 1.32 bits per heavy atom. The molecule has 3 aromatic rings. The predicted molar refractivity (Wildman–Crippen MR) is 155 cm³/mol. The van der Waals surface area contributed by atoms with Crippen LogP contribution in [0.1, 0.15) is 87.8 Å². The van der Waals surface area contributed by atoms with Crippen LogP contribution in [0.3, 0.4) is 0 Å². The van der Waals surface area contributed by atoms with Gasteiger partial charge in [-0.05, 0) is 92.0 Å². The Balaban J connectivity index is 1.33. The van der Waals surface area contributed by atoms with Crippen molar-refractivity contribution in [1.82, 2.24) is 0 Å². The first kappa shape index (κ1) is 29.9. The lowest BCUT2D eigenvalue weighted by Crippen LogP contribution is -2.14. The van der Waals surface area contributed by atoms with Crippen molar-refractivity contribution >= 4 is 0 Å². The fourth-order valence-corrected chi connectivity index (χ4v) is 5.59. The molecule has 1 nitrogen and oxygen atoms in total. The van der Waals surface area contributed by atoms with Crippen LogP contribution in [0.15, 0.2) is 60.7 Å². The van der Waals surface area contributed by atoms with E-state index in [1.807, 2.05) is 6.92 Å². The molecule has 0 aliphatic heterocycles. The van der Waals surface area contributed by atoms with Crippen molar-refractivity contribution in [2.45, 2.75) is 84.0 Å². The zero-order chi connectivity index (χ0) is 28.5. The van der Waals surface area contributed by atoms with Gasteiger partial charge in [-0.1, -0.05) is 75.2 Å². The molecular weight excluding hydrogens is 512 g/mol. The minimum Gasteiger partial charge on any atom is -0.490 e. The highest BCUT2D eigenvalue weighted by atomic mass is 19.2. The maximum Gasteiger partial charge on any atom is 0.201 e. The van der Waals surface area contributed by atoms with Gasteiger partial charge in [0.05, 0.1) is 6.61 Å². The molecule has 1 aliphatic carbocycles. The van der Waals surface area contributed by atoms with Gasteiger partial charge in [0, 0.05) is 11.1 Å². The molecule has 3 aromatic carbocycles. The average molecular weight is 553 g/mol. The van der Waals surface area contributed by atoms with Crippen LogP contribution < -0.4 is 4.74 Å². The van der Waals surface area contributed by atoms with Crippen molar-refractivity contribution in [3.05, 3.63) is 101 Å². The third kappa shape index (κ3) is 7.35. The van der Waals surface area contributed by atoms with Gasteiger partial charge in [-0.3, -0.25) is 0 Å². The second-order valence-corrected chi connectivity index (χ2v) is 10.9. The van der Waals surface area contributed by atoms with Crippen LogP contribution in [-0.2, 0) is 12.8 Å². The minimum atomic E-state index is -1.24. The number of hydrogen-bond acceptors (Lipinski definition) is 1. The molecule has 0 saturated heterocycles. The second-order valence-electron chi connectivity index (χ2n) is 10.9. The van der Waals surface area contributed by atoms with Crippen LogP contribution in [0.5, 0.6) is 5.75 Å². The molecule has 4 rings (SSSR count). The van der Waals surface area contributed by atoms with Gasteiger partial charge in [0.25, 0.3) is 0 Å². The van der Waals surface area contributed by atoms with Crippen LogP contribution >= 0.6 is 0 Å². The Morgan fingerprint density at radius 3 is 1.98 bits per heavy atom. The normalized spacial score (nSPS) is 17.4. The van der Waals surface area contributed by atoms with Crippen molar-refractivity contribution < 1.29 is 22.3 Å². The molecule has 0 heterocycles. The van der Waals surface area contributed by atoms with E-state index >= 15 is 8.78 Å². The fraction of sp³-hybridized carbons (Fsp3) is 0.429. The summed E-state index contributed by atoms with van der Waals surface area (Å²) >= 11 is 0. The monoisotopic (exact) mass is 552 g/mol. The lowest BCUT2D eigenvalue weighted by molar-refractivity contribution is 0.289. The van der Waals surface area contributed by atoms with Crippen LogP contribution in [0.25, 0.3) is 11.1 Å². The first-order chi connectivity index (χ1) is 19.4. The number of halogens is 4. The summed E-state index contributed by atoms with van der Waals surface area (Å²) in [5, 5.41) is 0. The van der Waals surface area contributed by atoms with Crippen LogP contribution in [0, 0.1) is 29.2 Å². The van der Waals surface area contributed by atoms with E-state index in [0.29, 0.717) is 17.9 Å². The summed E-state index contributed by atoms with van der Waals surface area (Å²) in [5.74, 6) is -4.41. The molecule has 0 aromatic heterocycles. The van der Waals surface area contributed by atoms with E-state index < -0.39 is 23.3 Å². The van der Waals surface area contributed by atoms with E-state index in [2.05, 4.69) is 43.3 Å². The van der Waals surface area contributed by atoms with Crippen molar-refractivity contribution in [3.63, 3.8) is 0 Å². The van der Waals surface area contributed by atoms with Gasteiger partial charge in [-0.15, -0.1) is 0 Å². The number of benzene rings is 3. The molecule has 0 spiro atoms. The zero-order valence-electron chi connectivity index (χ0n) is 23.6. The van der Waals surface area contributed by atoms with Gasteiger partial charge >= 0.3 is 0 Å². The van der Waals surface area contributed by atoms with Crippen molar-refractivity contribution in [2.24, 2.45) is 5.92 Å². The molecule has 40 heavy (non-hydrogen) atoms. The van der Waals surface area contributed by atoms with Gasteiger partial charge < -0.3 is 4.74 Å². The third-order valence-electron chi connectivity index (χ3n) is 7.99. The van der Waals surface area contributed by atoms with Crippen molar-refractivity contribution in [1.29, 1.82) is 0 Å². The van der Waals surface area contributed by atoms with E-state index in [1.165, 1.54) is 35.4 Å². The molecule has 1 fully saturated rings. The number of unbranched alkanes of at least 4 members (excludes halogenated alkanes) is 1. The van der Waals surface area contributed by atoms with Gasteiger partial charge in [-0.2, -0.15) is 4.39 Å². The van der Waals surface area contributed by atoms with E-state index in [4.69, 9.17) is 4.74 Å². The van der Waals surface area contributed by atoms with Gasteiger partial charge in [0.1, 0.15) is 0 Å². The summed E-state index contributed by atoms with van der Waals surface area (Å²) in [5.41, 5.74) is 2.44. The summed E-state index contributed by atoms with van der Waals surface area (Å²) in [4.78, 5) is 0. The maximum atomic E-state index is 15.2. The molecule has 0 amide bonds. The van der Waals surface area contributed by atoms with Gasteiger partial charge in [-0.25, -0.2) is 13.2 Å². The third-order valence-corrected chi connectivity index (χ3v) is 7.99. The van der Waals surface area contributed by atoms with Crippen molar-refractivity contribution in [2.75, 3.05) is 6.61 Å². The largest absolute Gasteiger partial charge is 0.490 e. The standard InChI is InChI=1S/C35H40F4O/c1-3-5-23-40-31-22-21-30(34(38)35(31)39)29-20-19-28(32(36)33(29)37)27-17-15-26(16-18-27)10-7-6-9-25-13-11-24(8-4-2)12-14-25/h7,10-14,19-22,26-27H,3-6,8-9,15-18,23H2,1-2H3. The van der Waals surface area contributed by atoms with Crippen molar-refractivity contribution in [3.8, 4) is 16.9 Å². The molecule has 214 valence electrons. The molecule has 1 saturated carbocycles. The van der Waals surface area contributed by atoms with Crippen LogP contribution in [-0.4, -0.2) is 6.61 Å². The lowest BCUT2D eigenvalue weighted by Gasteiger charge is -2.27. The first-order valence-corrected chi connectivity index (χ1v) is 14.8. The number of allylic oxidation sites excluding steroid dienone is 2. The Hall–Kier alpha value is -3.08. The summed E-state index contributed by atoms with van der Waals surface area (Å²) in [7, 11) is 0. The molecule has 0 atom stereocenters. The summed E-state index contributed by atoms with van der Waals surface area (Å²) in [6, 6.07) is 14.3. The first-order valence-electron chi connectivity index (χ1n) is 14.8. The summed E-state index contributed by atoms with van der Waals surface area (Å²) < 4.78 is 64.9. The Labute approximate surface area is 236 Å². The van der Waals surface area contributed by atoms with Gasteiger partial charge in [0.2, 0.25) is 5.82 Å². The highest BCUT2D eigenvalue weighted by Crippen LogP contribution is 2.40. The summed E-state index contributed by atoms with van der Waals surface area (Å²) in [6.07, 6.45) is 13.7. The van der Waals surface area contributed by atoms with E-state index in [1.54, 1.807) is 0 Å². The molecule has 0 bridgehead atoms. The topological polar surface area (TPSA) is 9.23 Å². The van der Waals surface area contributed by atoms with E-state index in [-0.39, 0.29) is 29.4 Å². The molecule has 0 radical (unpaired) electrons. The average Bonchev–Trinajstić information content (AvgIpc) is 2.97. The Morgan fingerprint density at radius 1 is 0.700 bits per heavy atom. The maximum absolute atomic E-state index is 15.2. The fourth-order valence-electron chi connectivity index (χ4n) is 5.59. The predicted octanol–water partition coefficient (Wildman–Crippen LogP) is 10.5. The number of rotatable bonds is 12. The molecule has 1 aliphatic rings. The molecule has 0 N–H and O–H groups in total. The summed E-state index contributed by atoms with van der Waals surface area (Å²) in [6.45, 7) is 4.41. The van der Waals surface area contributed by atoms with E-state index in [0.717, 1.165) is 57.8 Å². The molecular formula is C35H40F4O. The number of aryl methyl sites for hydroxylation is 2. The number of hydrogen-bond donors (Lipinski definition) is 0. The molecule has 0 unspecified atom stereocenters. The smallest absolute Gasteiger partial charge is 0.201 e. The molecule has 5 heteroatoms. The highest BCUT2D eigenvalue weighted by Gasteiger charge is 2.27. The van der Waals surface area contributed by atoms with Crippen LogP contribution in [0.2, 0.25) is 0 Å². The Kier molecular flexibility index (Phi) is 10.9. The van der Waals surface area contributed by atoms with Crippen LogP contribution in [0.4, 0.5) is 17.6 Å². The minimum absolute atomic E-state index is 0.0919. The lowest BCUT2D eigenvalue weighted by atomic mass is 9.78. The Bertz CT molecular complexity index is 1270.